The van der Waals surface area contributed by atoms with Crippen molar-refractivity contribution in [3.05, 3.63) is 53.5 Å². The van der Waals surface area contributed by atoms with E-state index in [0.717, 1.165) is 12.1 Å². The lowest BCUT2D eigenvalue weighted by molar-refractivity contribution is 0.251. The molecule has 2 rings (SSSR count). The molecule has 0 saturated heterocycles. The van der Waals surface area contributed by atoms with Gasteiger partial charge in [0, 0.05) is 0 Å². The van der Waals surface area contributed by atoms with Gasteiger partial charge in [-0.25, -0.2) is 8.78 Å². The number of benzene rings is 1. The van der Waals surface area contributed by atoms with Gasteiger partial charge < -0.3 is 9.73 Å². The lowest BCUT2D eigenvalue weighted by Gasteiger charge is -2.06. The molecule has 20 heavy (non-hydrogen) atoms. The molecule has 1 heterocycles. The second-order valence-electron chi connectivity index (χ2n) is 3.89. The van der Waals surface area contributed by atoms with Crippen molar-refractivity contribution in [1.29, 1.82) is 0 Å². The molecule has 1 aromatic heterocycles. The molecule has 0 bridgehead atoms. The molecule has 1 aromatic carbocycles. The molecule has 0 aliphatic carbocycles. The van der Waals surface area contributed by atoms with Crippen molar-refractivity contribution in [1.82, 2.24) is 0 Å². The first-order valence-corrected chi connectivity index (χ1v) is 6.76. The summed E-state index contributed by atoms with van der Waals surface area (Å²) in [5, 5.41) is 2.58. The number of furan rings is 1. The van der Waals surface area contributed by atoms with Gasteiger partial charge in [-0.2, -0.15) is 8.78 Å². The van der Waals surface area contributed by atoms with Crippen molar-refractivity contribution < 1.29 is 22.0 Å². The maximum Gasteiger partial charge on any atom is 0.284 e. The Morgan fingerprint density at radius 1 is 1.05 bits per heavy atom. The standard InChI is InChI=1S/C13H11F4NOS/c14-10-2-1-3-11(15)12(10)18-6-8-4-5-9(19-8)7-20-13(16)17/h1-5,13,18H,6-7H2. The molecular formula is C13H11F4NOS. The molecule has 108 valence electrons. The minimum Gasteiger partial charge on any atom is -0.463 e. The second kappa shape index (κ2) is 6.69. The molecule has 0 radical (unpaired) electrons. The number of hydrogen-bond donors (Lipinski definition) is 1. The average Bonchev–Trinajstić information content (AvgIpc) is 2.84. The maximum atomic E-state index is 13.3. The summed E-state index contributed by atoms with van der Waals surface area (Å²) in [5.74, 6) is -3.02. The van der Waals surface area contributed by atoms with Crippen LogP contribution < -0.4 is 5.32 Å². The topological polar surface area (TPSA) is 25.2 Å². The number of nitrogens with one attached hydrogen (secondary N) is 1. The molecule has 0 aliphatic rings. The summed E-state index contributed by atoms with van der Waals surface area (Å²) in [6.07, 6.45) is 0. The summed E-state index contributed by atoms with van der Waals surface area (Å²) in [7, 11) is 0. The Kier molecular flexibility index (Phi) is 4.94. The first-order valence-electron chi connectivity index (χ1n) is 5.71. The molecule has 2 aromatic rings. The fraction of sp³-hybridized carbons (Fsp3) is 0.231. The van der Waals surface area contributed by atoms with Crippen LogP contribution in [-0.4, -0.2) is 5.76 Å². The lowest BCUT2D eigenvalue weighted by Crippen LogP contribution is -2.02. The van der Waals surface area contributed by atoms with E-state index in [4.69, 9.17) is 4.42 Å². The zero-order valence-electron chi connectivity index (χ0n) is 10.2. The minimum absolute atomic E-state index is 0.0473. The molecule has 0 unspecified atom stereocenters. The normalized spacial score (nSPS) is 11.1. The number of halogens is 4. The summed E-state index contributed by atoms with van der Waals surface area (Å²) in [4.78, 5) is 0. The van der Waals surface area contributed by atoms with Crippen molar-refractivity contribution in [2.75, 3.05) is 5.32 Å². The number of thioether (sulfide) groups is 1. The third kappa shape index (κ3) is 3.93. The summed E-state index contributed by atoms with van der Waals surface area (Å²) in [5.41, 5.74) is -0.243. The van der Waals surface area contributed by atoms with Crippen LogP contribution in [0.25, 0.3) is 0 Å². The molecule has 2 nitrogen and oxygen atoms in total. The Morgan fingerprint density at radius 3 is 2.35 bits per heavy atom. The molecule has 0 saturated carbocycles. The van der Waals surface area contributed by atoms with Gasteiger partial charge in [0.2, 0.25) is 0 Å². The van der Waals surface area contributed by atoms with Crippen molar-refractivity contribution in [2.24, 2.45) is 0 Å². The van der Waals surface area contributed by atoms with E-state index in [-0.39, 0.29) is 18.0 Å². The zero-order chi connectivity index (χ0) is 14.5. The van der Waals surface area contributed by atoms with Crippen LogP contribution in [0.3, 0.4) is 0 Å². The van der Waals surface area contributed by atoms with E-state index in [2.05, 4.69) is 5.32 Å². The minimum atomic E-state index is -2.46. The number of anilines is 1. The van der Waals surface area contributed by atoms with Crippen LogP contribution >= 0.6 is 11.8 Å². The predicted molar refractivity (Wildman–Crippen MR) is 69.7 cm³/mol. The molecule has 0 spiro atoms. The molecule has 0 aliphatic heterocycles. The highest BCUT2D eigenvalue weighted by atomic mass is 32.2. The SMILES string of the molecule is Fc1cccc(F)c1NCc1ccc(CSC(F)F)o1. The highest BCUT2D eigenvalue weighted by Gasteiger charge is 2.10. The average molecular weight is 305 g/mol. The summed E-state index contributed by atoms with van der Waals surface area (Å²) >= 11 is 0.450. The van der Waals surface area contributed by atoms with Gasteiger partial charge in [0.1, 0.15) is 28.8 Å². The zero-order valence-corrected chi connectivity index (χ0v) is 11.0. The van der Waals surface area contributed by atoms with E-state index in [1.807, 2.05) is 0 Å². The second-order valence-corrected chi connectivity index (χ2v) is 4.87. The number of rotatable bonds is 6. The first-order chi connectivity index (χ1) is 9.56. The largest absolute Gasteiger partial charge is 0.463 e. The van der Waals surface area contributed by atoms with Crippen LogP contribution in [0.2, 0.25) is 0 Å². The van der Waals surface area contributed by atoms with Crippen LogP contribution in [-0.2, 0) is 12.3 Å². The Morgan fingerprint density at radius 2 is 1.70 bits per heavy atom. The van der Waals surface area contributed by atoms with E-state index in [9.17, 15) is 17.6 Å². The highest BCUT2D eigenvalue weighted by molar-refractivity contribution is 7.98. The monoisotopic (exact) mass is 305 g/mol. The number of alkyl halides is 2. The molecule has 0 fully saturated rings. The van der Waals surface area contributed by atoms with Crippen LogP contribution in [0.4, 0.5) is 23.2 Å². The van der Waals surface area contributed by atoms with Gasteiger partial charge in [0.25, 0.3) is 5.76 Å². The van der Waals surface area contributed by atoms with E-state index in [0.29, 0.717) is 23.3 Å². The fourth-order valence-corrected chi connectivity index (χ4v) is 2.03. The van der Waals surface area contributed by atoms with E-state index >= 15 is 0 Å². The third-order valence-electron chi connectivity index (χ3n) is 2.47. The molecular weight excluding hydrogens is 294 g/mol. The van der Waals surface area contributed by atoms with Crippen LogP contribution in [0.1, 0.15) is 11.5 Å². The lowest BCUT2D eigenvalue weighted by atomic mass is 10.3. The number of para-hydroxylation sites is 1. The van der Waals surface area contributed by atoms with Gasteiger partial charge in [-0.05, 0) is 24.3 Å². The third-order valence-corrected chi connectivity index (χ3v) is 3.17. The summed E-state index contributed by atoms with van der Waals surface area (Å²) < 4.78 is 56.0. The van der Waals surface area contributed by atoms with Crippen LogP contribution in [0.5, 0.6) is 0 Å². The van der Waals surface area contributed by atoms with E-state index < -0.39 is 17.4 Å². The quantitative estimate of drug-likeness (QED) is 0.788. The summed E-state index contributed by atoms with van der Waals surface area (Å²) in [6, 6.07) is 6.68. The molecule has 0 amide bonds. The molecule has 7 heteroatoms. The fourth-order valence-electron chi connectivity index (χ4n) is 1.58. The Bertz CT molecular complexity index is 553. The van der Waals surface area contributed by atoms with Gasteiger partial charge in [-0.15, -0.1) is 0 Å². The Hall–Kier alpha value is -1.63. The van der Waals surface area contributed by atoms with Crippen molar-refractivity contribution >= 4 is 17.4 Å². The first kappa shape index (κ1) is 14.8. The smallest absolute Gasteiger partial charge is 0.284 e. The highest BCUT2D eigenvalue weighted by Crippen LogP contribution is 2.22. The van der Waals surface area contributed by atoms with Gasteiger partial charge in [0.05, 0.1) is 12.3 Å². The van der Waals surface area contributed by atoms with Crippen molar-refractivity contribution in [3.8, 4) is 0 Å². The van der Waals surface area contributed by atoms with Gasteiger partial charge in [0.15, 0.2) is 0 Å². The molecule has 1 N–H and O–H groups in total. The summed E-state index contributed by atoms with van der Waals surface area (Å²) in [6.45, 7) is 0.0667. The van der Waals surface area contributed by atoms with Crippen LogP contribution in [0, 0.1) is 11.6 Å². The van der Waals surface area contributed by atoms with E-state index in [1.165, 1.54) is 6.07 Å². The van der Waals surface area contributed by atoms with Gasteiger partial charge in [-0.1, -0.05) is 17.8 Å². The Balaban J connectivity index is 1.94. The van der Waals surface area contributed by atoms with Gasteiger partial charge >= 0.3 is 0 Å². The van der Waals surface area contributed by atoms with E-state index in [1.54, 1.807) is 12.1 Å². The Labute approximate surface area is 117 Å². The number of hydrogen-bond acceptors (Lipinski definition) is 3. The van der Waals surface area contributed by atoms with Crippen molar-refractivity contribution in [2.45, 2.75) is 18.1 Å². The molecule has 0 atom stereocenters. The van der Waals surface area contributed by atoms with Crippen LogP contribution in [0.15, 0.2) is 34.7 Å². The van der Waals surface area contributed by atoms with Crippen molar-refractivity contribution in [3.63, 3.8) is 0 Å². The van der Waals surface area contributed by atoms with Gasteiger partial charge in [-0.3, -0.25) is 0 Å². The maximum absolute atomic E-state index is 13.3. The predicted octanol–water partition coefficient (Wildman–Crippen LogP) is 4.63.